The second-order valence-corrected chi connectivity index (χ2v) is 6.26. The number of rotatable bonds is 4. The Balaban J connectivity index is 1.60. The average molecular weight is 318 g/mol. The number of aryl methyl sites for hydroxylation is 1. The van der Waals surface area contributed by atoms with Crippen molar-refractivity contribution in [2.24, 2.45) is 0 Å². The lowest BCUT2D eigenvalue weighted by Crippen LogP contribution is -2.40. The summed E-state index contributed by atoms with van der Waals surface area (Å²) in [7, 11) is 0. The van der Waals surface area contributed by atoms with Crippen molar-refractivity contribution in [2.45, 2.75) is 32.2 Å². The van der Waals surface area contributed by atoms with Crippen LogP contribution in [-0.4, -0.2) is 28.9 Å². The lowest BCUT2D eigenvalue weighted by Gasteiger charge is -2.19. The molecule has 0 bridgehead atoms. The van der Waals surface area contributed by atoms with Crippen molar-refractivity contribution in [3.8, 4) is 5.75 Å². The van der Waals surface area contributed by atoms with Gasteiger partial charge in [0.05, 0.1) is 6.61 Å². The number of ether oxygens (including phenoxy) is 1. The van der Waals surface area contributed by atoms with Crippen LogP contribution in [0.15, 0.2) is 24.3 Å². The van der Waals surface area contributed by atoms with E-state index in [1.165, 1.54) is 11.3 Å². The van der Waals surface area contributed by atoms with Crippen molar-refractivity contribution in [3.63, 3.8) is 0 Å². The standard InChI is InChI=1S/C15H18N4O2S/c1-3-13-18-19-15(22-13)17-14(20)16-9(2)11-8-21-12-7-5-4-6-10(11)12/h4-7,9,11H,3,8H2,1-2H3,(H2,16,17,19,20)/t9-,11-/m1/s1. The molecule has 0 aliphatic carbocycles. The fraction of sp³-hybridized carbons (Fsp3) is 0.400. The Morgan fingerprint density at radius 2 is 2.27 bits per heavy atom. The number of carbonyl (C=O) groups is 1. The molecule has 116 valence electrons. The number of aromatic nitrogens is 2. The summed E-state index contributed by atoms with van der Waals surface area (Å²) in [4.78, 5) is 12.1. The van der Waals surface area contributed by atoms with Crippen LogP contribution < -0.4 is 15.4 Å². The molecule has 0 radical (unpaired) electrons. The van der Waals surface area contributed by atoms with Gasteiger partial charge in [-0.15, -0.1) is 10.2 Å². The summed E-state index contributed by atoms with van der Waals surface area (Å²) in [6.07, 6.45) is 0.813. The summed E-state index contributed by atoms with van der Waals surface area (Å²) in [5.74, 6) is 1.06. The van der Waals surface area contributed by atoms with Crippen LogP contribution in [0.25, 0.3) is 0 Å². The summed E-state index contributed by atoms with van der Waals surface area (Å²) < 4.78 is 5.66. The van der Waals surface area contributed by atoms with Gasteiger partial charge in [0.15, 0.2) is 0 Å². The van der Waals surface area contributed by atoms with Crippen LogP contribution in [0.2, 0.25) is 0 Å². The van der Waals surface area contributed by atoms with Gasteiger partial charge in [-0.1, -0.05) is 36.5 Å². The minimum Gasteiger partial charge on any atom is -0.493 e. The van der Waals surface area contributed by atoms with E-state index >= 15 is 0 Å². The molecule has 1 aromatic carbocycles. The molecule has 0 saturated carbocycles. The molecule has 22 heavy (non-hydrogen) atoms. The van der Waals surface area contributed by atoms with Gasteiger partial charge in [-0.2, -0.15) is 0 Å². The van der Waals surface area contributed by atoms with Crippen molar-refractivity contribution in [3.05, 3.63) is 34.8 Å². The zero-order valence-corrected chi connectivity index (χ0v) is 13.3. The number of nitrogens with one attached hydrogen (secondary N) is 2. The third kappa shape index (κ3) is 3.04. The number of urea groups is 1. The van der Waals surface area contributed by atoms with E-state index in [-0.39, 0.29) is 18.0 Å². The van der Waals surface area contributed by atoms with Gasteiger partial charge in [0.1, 0.15) is 10.8 Å². The molecule has 1 aliphatic heterocycles. The third-order valence-corrected chi connectivity index (χ3v) is 4.67. The Morgan fingerprint density at radius 1 is 1.45 bits per heavy atom. The van der Waals surface area contributed by atoms with Gasteiger partial charge in [0.2, 0.25) is 5.13 Å². The van der Waals surface area contributed by atoms with Crippen LogP contribution in [0, 0.1) is 0 Å². The van der Waals surface area contributed by atoms with Crippen LogP contribution in [0.3, 0.4) is 0 Å². The molecular formula is C15H18N4O2S. The number of fused-ring (bicyclic) bond motifs is 1. The fourth-order valence-corrected chi connectivity index (χ4v) is 3.16. The van der Waals surface area contributed by atoms with E-state index in [0.717, 1.165) is 22.7 Å². The van der Waals surface area contributed by atoms with E-state index < -0.39 is 0 Å². The summed E-state index contributed by atoms with van der Waals surface area (Å²) in [5, 5.41) is 15.0. The van der Waals surface area contributed by atoms with E-state index in [4.69, 9.17) is 4.74 Å². The molecule has 2 heterocycles. The maximum atomic E-state index is 12.1. The number of para-hydroxylation sites is 1. The van der Waals surface area contributed by atoms with Crippen molar-refractivity contribution < 1.29 is 9.53 Å². The minimum absolute atomic E-state index is 0.0396. The van der Waals surface area contributed by atoms with Crippen molar-refractivity contribution >= 4 is 22.5 Å². The van der Waals surface area contributed by atoms with Crippen LogP contribution in [0.5, 0.6) is 5.75 Å². The largest absolute Gasteiger partial charge is 0.493 e. The van der Waals surface area contributed by atoms with E-state index in [2.05, 4.69) is 20.8 Å². The Labute approximate surface area is 132 Å². The SMILES string of the molecule is CCc1nnc(NC(=O)N[C@H](C)[C@H]2COc3ccccc32)s1. The molecule has 2 N–H and O–H groups in total. The van der Waals surface area contributed by atoms with Gasteiger partial charge >= 0.3 is 6.03 Å². The maximum Gasteiger partial charge on any atom is 0.321 e. The highest BCUT2D eigenvalue weighted by Crippen LogP contribution is 2.35. The molecular weight excluding hydrogens is 300 g/mol. The van der Waals surface area contributed by atoms with Crippen LogP contribution in [0.4, 0.5) is 9.93 Å². The molecule has 0 spiro atoms. The van der Waals surface area contributed by atoms with Crippen LogP contribution >= 0.6 is 11.3 Å². The van der Waals surface area contributed by atoms with Gasteiger partial charge in [0, 0.05) is 17.5 Å². The van der Waals surface area contributed by atoms with Crippen LogP contribution in [0.1, 0.15) is 30.3 Å². The quantitative estimate of drug-likeness (QED) is 0.909. The number of hydrogen-bond donors (Lipinski definition) is 2. The molecule has 6 nitrogen and oxygen atoms in total. The van der Waals surface area contributed by atoms with Gasteiger partial charge in [-0.25, -0.2) is 4.79 Å². The normalized spacial score (nSPS) is 17.5. The monoisotopic (exact) mass is 318 g/mol. The molecule has 0 fully saturated rings. The molecule has 1 aliphatic rings. The molecule has 3 rings (SSSR count). The predicted octanol–water partition coefficient (Wildman–Crippen LogP) is 2.79. The van der Waals surface area contributed by atoms with Gasteiger partial charge in [-0.3, -0.25) is 5.32 Å². The van der Waals surface area contributed by atoms with Gasteiger partial charge in [-0.05, 0) is 19.4 Å². The zero-order chi connectivity index (χ0) is 15.5. The molecule has 7 heteroatoms. The predicted molar refractivity (Wildman–Crippen MR) is 85.6 cm³/mol. The summed E-state index contributed by atoms with van der Waals surface area (Å²) >= 11 is 1.39. The highest BCUT2D eigenvalue weighted by atomic mass is 32.1. The second kappa shape index (κ2) is 6.31. The highest BCUT2D eigenvalue weighted by Gasteiger charge is 2.29. The third-order valence-electron chi connectivity index (χ3n) is 3.69. The van der Waals surface area contributed by atoms with E-state index in [1.54, 1.807) is 0 Å². The number of nitrogens with zero attached hydrogens (tertiary/aromatic N) is 2. The fourth-order valence-electron chi connectivity index (χ4n) is 2.49. The van der Waals surface area contributed by atoms with Gasteiger partial charge in [0.25, 0.3) is 0 Å². The number of hydrogen-bond acceptors (Lipinski definition) is 5. The smallest absolute Gasteiger partial charge is 0.321 e. The first kappa shape index (κ1) is 14.8. The first-order valence-electron chi connectivity index (χ1n) is 7.29. The number of amides is 2. The maximum absolute atomic E-state index is 12.1. The Morgan fingerprint density at radius 3 is 3.05 bits per heavy atom. The molecule has 2 aromatic rings. The Kier molecular flexibility index (Phi) is 4.24. The molecule has 1 aromatic heterocycles. The molecule has 2 amide bonds. The molecule has 0 saturated heterocycles. The lowest BCUT2D eigenvalue weighted by atomic mass is 9.94. The van der Waals surface area contributed by atoms with Crippen LogP contribution in [-0.2, 0) is 6.42 Å². The molecule has 0 unspecified atom stereocenters. The summed E-state index contributed by atoms with van der Waals surface area (Å²) in [5.41, 5.74) is 1.14. The summed E-state index contributed by atoms with van der Waals surface area (Å²) in [6, 6.07) is 7.63. The molecule has 2 atom stereocenters. The minimum atomic E-state index is -0.268. The number of carbonyl (C=O) groups excluding carboxylic acids is 1. The zero-order valence-electron chi connectivity index (χ0n) is 12.5. The van der Waals surface area contributed by atoms with E-state index in [0.29, 0.717) is 11.7 Å². The summed E-state index contributed by atoms with van der Waals surface area (Å²) in [6.45, 7) is 4.57. The van der Waals surface area contributed by atoms with E-state index in [9.17, 15) is 4.79 Å². The highest BCUT2D eigenvalue weighted by molar-refractivity contribution is 7.15. The van der Waals surface area contributed by atoms with Crippen molar-refractivity contribution in [2.75, 3.05) is 11.9 Å². The topological polar surface area (TPSA) is 76.1 Å². The Hall–Kier alpha value is -2.15. The second-order valence-electron chi connectivity index (χ2n) is 5.20. The van der Waals surface area contributed by atoms with Crippen molar-refractivity contribution in [1.82, 2.24) is 15.5 Å². The lowest BCUT2D eigenvalue weighted by molar-refractivity contribution is 0.244. The Bertz CT molecular complexity index is 673. The number of benzene rings is 1. The first-order valence-corrected chi connectivity index (χ1v) is 8.10. The number of anilines is 1. The average Bonchev–Trinajstić information content (AvgIpc) is 3.13. The van der Waals surface area contributed by atoms with Gasteiger partial charge < -0.3 is 10.1 Å². The first-order chi connectivity index (χ1) is 10.7. The van der Waals surface area contributed by atoms with E-state index in [1.807, 2.05) is 38.1 Å². The van der Waals surface area contributed by atoms with Crippen molar-refractivity contribution in [1.29, 1.82) is 0 Å².